The van der Waals surface area contributed by atoms with E-state index < -0.39 is 5.54 Å². The molecule has 1 aliphatic rings. The summed E-state index contributed by atoms with van der Waals surface area (Å²) in [6, 6.07) is 5.43. The van der Waals surface area contributed by atoms with Crippen LogP contribution in [0.25, 0.3) is 0 Å². The Hall–Kier alpha value is -0.610. The number of benzene rings is 1. The van der Waals surface area contributed by atoms with Gasteiger partial charge in [-0.1, -0.05) is 42.3 Å². The molecular weight excluding hydrogens is 309 g/mol. The molecule has 1 aromatic rings. The van der Waals surface area contributed by atoms with E-state index in [2.05, 4.69) is 4.90 Å². The van der Waals surface area contributed by atoms with Crippen LogP contribution >= 0.6 is 23.2 Å². The fourth-order valence-electron chi connectivity index (χ4n) is 2.70. The van der Waals surface area contributed by atoms with Crippen molar-refractivity contribution in [3.63, 3.8) is 0 Å². The molecule has 1 heterocycles. The SMILES string of the molecule is CCC(C)(C(=O)Cc1cccc(Cl)c1Cl)N1CCOCC1. The maximum absolute atomic E-state index is 12.8. The van der Waals surface area contributed by atoms with Crippen LogP contribution in [0.15, 0.2) is 18.2 Å². The molecule has 1 aromatic carbocycles. The minimum absolute atomic E-state index is 0.177. The fourth-order valence-corrected chi connectivity index (χ4v) is 3.09. The van der Waals surface area contributed by atoms with Crippen LogP contribution in [-0.2, 0) is 16.0 Å². The Morgan fingerprint density at radius 3 is 2.62 bits per heavy atom. The van der Waals surface area contributed by atoms with Gasteiger partial charge < -0.3 is 4.74 Å². The summed E-state index contributed by atoms with van der Waals surface area (Å²) in [6.07, 6.45) is 1.07. The Labute approximate surface area is 136 Å². The second kappa shape index (κ2) is 7.10. The zero-order valence-corrected chi connectivity index (χ0v) is 14.0. The largest absolute Gasteiger partial charge is 0.379 e. The fraction of sp³-hybridized carbons (Fsp3) is 0.562. The number of hydrogen-bond acceptors (Lipinski definition) is 3. The summed E-state index contributed by atoms with van der Waals surface area (Å²) in [6.45, 7) is 7.01. The lowest BCUT2D eigenvalue weighted by Gasteiger charge is -2.41. The predicted molar refractivity (Wildman–Crippen MR) is 86.3 cm³/mol. The van der Waals surface area contributed by atoms with Crippen molar-refractivity contribution in [3.8, 4) is 0 Å². The first-order valence-corrected chi connectivity index (χ1v) is 8.03. The Balaban J connectivity index is 2.17. The van der Waals surface area contributed by atoms with Gasteiger partial charge in [0.05, 0.1) is 28.8 Å². The number of ether oxygens (including phenoxy) is 1. The van der Waals surface area contributed by atoms with Gasteiger partial charge in [-0.15, -0.1) is 0 Å². The number of carbonyl (C=O) groups excluding carboxylic acids is 1. The van der Waals surface area contributed by atoms with Crippen LogP contribution in [0.2, 0.25) is 10.0 Å². The molecule has 1 unspecified atom stereocenters. The third kappa shape index (κ3) is 3.59. The van der Waals surface area contributed by atoms with Crippen LogP contribution in [-0.4, -0.2) is 42.5 Å². The Morgan fingerprint density at radius 2 is 2.00 bits per heavy atom. The predicted octanol–water partition coefficient (Wildman–Crippen LogP) is 3.61. The van der Waals surface area contributed by atoms with Gasteiger partial charge in [-0.05, 0) is 25.0 Å². The van der Waals surface area contributed by atoms with Gasteiger partial charge in [-0.3, -0.25) is 9.69 Å². The van der Waals surface area contributed by atoms with Gasteiger partial charge in [0.2, 0.25) is 0 Å². The molecule has 1 aliphatic heterocycles. The molecule has 0 amide bonds. The van der Waals surface area contributed by atoms with Crippen LogP contribution < -0.4 is 0 Å². The summed E-state index contributed by atoms with van der Waals surface area (Å²) in [5, 5.41) is 0.972. The van der Waals surface area contributed by atoms with Gasteiger partial charge in [0.25, 0.3) is 0 Å². The Bertz CT molecular complexity index is 515. The smallest absolute Gasteiger partial charge is 0.157 e. The number of morpholine rings is 1. The van der Waals surface area contributed by atoms with E-state index in [1.54, 1.807) is 6.07 Å². The van der Waals surface area contributed by atoms with Crippen molar-refractivity contribution in [1.82, 2.24) is 4.90 Å². The van der Waals surface area contributed by atoms with Crippen molar-refractivity contribution < 1.29 is 9.53 Å². The molecule has 0 radical (unpaired) electrons. The van der Waals surface area contributed by atoms with Crippen molar-refractivity contribution in [3.05, 3.63) is 33.8 Å². The van der Waals surface area contributed by atoms with E-state index in [0.717, 1.165) is 25.1 Å². The summed E-state index contributed by atoms with van der Waals surface area (Å²) < 4.78 is 5.38. The first-order valence-electron chi connectivity index (χ1n) is 7.28. The monoisotopic (exact) mass is 329 g/mol. The molecule has 0 aromatic heterocycles. The Morgan fingerprint density at radius 1 is 1.33 bits per heavy atom. The first kappa shape index (κ1) is 16.8. The van der Waals surface area contributed by atoms with E-state index in [-0.39, 0.29) is 5.78 Å². The standard InChI is InChI=1S/C16H21Cl2NO2/c1-3-16(2,19-7-9-21-10-8-19)14(20)11-12-5-4-6-13(17)15(12)18/h4-6H,3,7-11H2,1-2H3. The summed E-state index contributed by atoms with van der Waals surface area (Å²) in [5.74, 6) is 0.177. The van der Waals surface area contributed by atoms with Crippen molar-refractivity contribution >= 4 is 29.0 Å². The number of Topliss-reactive ketones (excluding diaryl/α,β-unsaturated/α-hetero) is 1. The number of rotatable bonds is 5. The van der Waals surface area contributed by atoms with Crippen LogP contribution in [0.1, 0.15) is 25.8 Å². The first-order chi connectivity index (χ1) is 9.99. The minimum Gasteiger partial charge on any atom is -0.379 e. The Kier molecular flexibility index (Phi) is 5.67. The quantitative estimate of drug-likeness (QED) is 0.826. The van der Waals surface area contributed by atoms with E-state index in [4.69, 9.17) is 27.9 Å². The maximum Gasteiger partial charge on any atom is 0.157 e. The highest BCUT2D eigenvalue weighted by atomic mass is 35.5. The van der Waals surface area contributed by atoms with Crippen LogP contribution in [0, 0.1) is 0 Å². The summed E-state index contributed by atoms with van der Waals surface area (Å²) in [5.41, 5.74) is 0.317. The second-order valence-corrected chi connectivity index (χ2v) is 6.32. The van der Waals surface area contributed by atoms with Gasteiger partial charge in [0.15, 0.2) is 5.78 Å². The third-order valence-corrected chi connectivity index (χ3v) is 5.24. The van der Waals surface area contributed by atoms with Gasteiger partial charge in [0.1, 0.15) is 0 Å². The molecule has 2 rings (SSSR count). The molecule has 116 valence electrons. The van der Waals surface area contributed by atoms with Crippen LogP contribution in [0.5, 0.6) is 0 Å². The number of ketones is 1. The lowest BCUT2D eigenvalue weighted by atomic mass is 9.87. The molecule has 3 nitrogen and oxygen atoms in total. The van der Waals surface area contributed by atoms with Gasteiger partial charge >= 0.3 is 0 Å². The average molecular weight is 330 g/mol. The molecule has 0 aliphatic carbocycles. The van der Waals surface area contributed by atoms with Gasteiger partial charge in [-0.25, -0.2) is 0 Å². The van der Waals surface area contributed by atoms with Crippen molar-refractivity contribution in [2.75, 3.05) is 26.3 Å². The molecule has 0 bridgehead atoms. The minimum atomic E-state index is -0.477. The highest BCUT2D eigenvalue weighted by Gasteiger charge is 2.38. The second-order valence-electron chi connectivity index (χ2n) is 5.54. The zero-order chi connectivity index (χ0) is 15.5. The van der Waals surface area contributed by atoms with Crippen molar-refractivity contribution in [2.24, 2.45) is 0 Å². The number of halogens is 2. The van der Waals surface area contributed by atoms with Crippen LogP contribution in [0.4, 0.5) is 0 Å². The number of carbonyl (C=O) groups is 1. The van der Waals surface area contributed by atoms with E-state index in [0.29, 0.717) is 29.7 Å². The average Bonchev–Trinajstić information content (AvgIpc) is 2.51. The number of nitrogens with zero attached hydrogens (tertiary/aromatic N) is 1. The summed E-state index contributed by atoms with van der Waals surface area (Å²) >= 11 is 12.2. The van der Waals surface area contributed by atoms with Crippen molar-refractivity contribution in [2.45, 2.75) is 32.2 Å². The molecular formula is C16H21Cl2NO2. The van der Waals surface area contributed by atoms with Gasteiger partial charge in [-0.2, -0.15) is 0 Å². The highest BCUT2D eigenvalue weighted by molar-refractivity contribution is 6.42. The van der Waals surface area contributed by atoms with Crippen LogP contribution in [0.3, 0.4) is 0 Å². The molecule has 1 saturated heterocycles. The third-order valence-electron chi connectivity index (χ3n) is 4.38. The molecule has 1 fully saturated rings. The zero-order valence-electron chi connectivity index (χ0n) is 12.5. The molecule has 1 atom stereocenters. The maximum atomic E-state index is 12.8. The van der Waals surface area contributed by atoms with E-state index in [1.807, 2.05) is 26.0 Å². The molecule has 5 heteroatoms. The summed E-state index contributed by atoms with van der Waals surface area (Å²) in [4.78, 5) is 15.1. The normalized spacial score (nSPS) is 19.2. The van der Waals surface area contributed by atoms with E-state index in [9.17, 15) is 4.79 Å². The summed E-state index contributed by atoms with van der Waals surface area (Å²) in [7, 11) is 0. The van der Waals surface area contributed by atoms with E-state index >= 15 is 0 Å². The highest BCUT2D eigenvalue weighted by Crippen LogP contribution is 2.29. The number of hydrogen-bond donors (Lipinski definition) is 0. The topological polar surface area (TPSA) is 29.5 Å². The molecule has 0 N–H and O–H groups in total. The molecule has 0 spiro atoms. The van der Waals surface area contributed by atoms with Crippen molar-refractivity contribution in [1.29, 1.82) is 0 Å². The van der Waals surface area contributed by atoms with Gasteiger partial charge in [0, 0.05) is 19.5 Å². The molecule has 21 heavy (non-hydrogen) atoms. The lowest BCUT2D eigenvalue weighted by molar-refractivity contribution is -0.133. The van der Waals surface area contributed by atoms with E-state index in [1.165, 1.54) is 0 Å². The molecule has 0 saturated carbocycles. The lowest BCUT2D eigenvalue weighted by Crippen LogP contribution is -2.56.